The van der Waals surface area contributed by atoms with Gasteiger partial charge in [0.2, 0.25) is 0 Å². The first-order valence-electron chi connectivity index (χ1n) is 2.05. The molecule has 0 aromatic carbocycles. The summed E-state index contributed by atoms with van der Waals surface area (Å²) in [6.07, 6.45) is 4.32. The molecule has 1 rings (SSSR count). The minimum Gasteiger partial charge on any atom is -0.373 e. The van der Waals surface area contributed by atoms with E-state index in [1.165, 1.54) is 0 Å². The molecule has 0 aliphatic carbocycles. The number of aromatic nitrogens is 2. The maximum atomic E-state index is 3.84. The monoisotopic (exact) mass is 182 g/mol. The molecule has 3 heteroatoms. The Hall–Kier alpha value is 0.184. The Labute approximate surface area is 73.6 Å². The quantitative estimate of drug-likeness (QED) is 0.548. The van der Waals surface area contributed by atoms with Crippen LogP contribution < -0.4 is 0 Å². The summed E-state index contributed by atoms with van der Waals surface area (Å²) >= 11 is 0. The van der Waals surface area contributed by atoms with Gasteiger partial charge in [-0.15, -0.1) is 6.07 Å². The molecule has 0 amide bonds. The van der Waals surface area contributed by atoms with Crippen LogP contribution in [0.4, 0.5) is 0 Å². The number of nitrogens with zero attached hydrogens (tertiary/aromatic N) is 2. The third kappa shape index (κ3) is 2.48. The molecule has 0 fully saturated rings. The van der Waals surface area contributed by atoms with Gasteiger partial charge in [0, 0.05) is 38.5 Å². The molecule has 0 saturated heterocycles. The van der Waals surface area contributed by atoms with Crippen LogP contribution in [0.25, 0.3) is 0 Å². The SMILES string of the molecule is Cc1n[c-]ccn1.[Y]. The van der Waals surface area contributed by atoms with Crippen LogP contribution in [0.2, 0.25) is 0 Å². The van der Waals surface area contributed by atoms with Crippen LogP contribution in [0, 0.1) is 13.1 Å². The zero-order valence-corrected chi connectivity index (χ0v) is 7.46. The summed E-state index contributed by atoms with van der Waals surface area (Å²) in [5.41, 5.74) is 0. The van der Waals surface area contributed by atoms with Gasteiger partial charge in [0.1, 0.15) is 0 Å². The molecule has 0 aliphatic heterocycles. The molecule has 2 nitrogen and oxygen atoms in total. The van der Waals surface area contributed by atoms with E-state index in [2.05, 4.69) is 16.2 Å². The van der Waals surface area contributed by atoms with Crippen LogP contribution in [-0.2, 0) is 32.7 Å². The van der Waals surface area contributed by atoms with Crippen LogP contribution >= 0.6 is 0 Å². The number of hydrogen-bond donors (Lipinski definition) is 0. The van der Waals surface area contributed by atoms with Gasteiger partial charge in [-0.25, -0.2) is 0 Å². The fourth-order valence-electron chi connectivity index (χ4n) is 0.338. The van der Waals surface area contributed by atoms with E-state index in [0.717, 1.165) is 5.82 Å². The summed E-state index contributed by atoms with van der Waals surface area (Å²) in [7, 11) is 0. The number of rotatable bonds is 0. The molecular formula is C5H5N2Y-. The van der Waals surface area contributed by atoms with Gasteiger partial charge >= 0.3 is 0 Å². The average molecular weight is 182 g/mol. The van der Waals surface area contributed by atoms with Gasteiger partial charge in [-0.05, 0) is 0 Å². The summed E-state index contributed by atoms with van der Waals surface area (Å²) in [6.45, 7) is 1.83. The van der Waals surface area contributed by atoms with Crippen molar-refractivity contribution < 1.29 is 32.7 Å². The van der Waals surface area contributed by atoms with Crippen molar-refractivity contribution in [3.05, 3.63) is 24.3 Å². The molecule has 0 saturated carbocycles. The fourth-order valence-corrected chi connectivity index (χ4v) is 0.338. The standard InChI is InChI=1S/C5H5N2.Y/c1-5-6-3-2-4-7-5;/h2-3H,1H3;/q-1;. The zero-order valence-electron chi connectivity index (χ0n) is 4.63. The van der Waals surface area contributed by atoms with Gasteiger partial charge in [-0.2, -0.15) is 0 Å². The Morgan fingerprint density at radius 3 is 2.62 bits per heavy atom. The number of hydrogen-bond acceptors (Lipinski definition) is 2. The van der Waals surface area contributed by atoms with Crippen LogP contribution in [-0.4, -0.2) is 9.97 Å². The van der Waals surface area contributed by atoms with E-state index in [0.29, 0.717) is 0 Å². The molecule has 0 atom stereocenters. The van der Waals surface area contributed by atoms with Gasteiger partial charge in [0.15, 0.2) is 0 Å². The Balaban J connectivity index is 0.000000490. The molecule has 0 N–H and O–H groups in total. The number of aryl methyl sites for hydroxylation is 1. The molecule has 1 aromatic rings. The van der Waals surface area contributed by atoms with Crippen molar-refractivity contribution in [2.24, 2.45) is 0 Å². The van der Waals surface area contributed by atoms with Crippen molar-refractivity contribution in [3.8, 4) is 0 Å². The topological polar surface area (TPSA) is 25.8 Å². The van der Waals surface area contributed by atoms with Crippen molar-refractivity contribution in [1.82, 2.24) is 9.97 Å². The second-order valence-corrected chi connectivity index (χ2v) is 1.23. The first kappa shape index (κ1) is 8.18. The molecule has 1 heterocycles. The van der Waals surface area contributed by atoms with Crippen molar-refractivity contribution in [1.29, 1.82) is 0 Å². The molecule has 8 heavy (non-hydrogen) atoms. The minimum absolute atomic E-state index is 0. The summed E-state index contributed by atoms with van der Waals surface area (Å²) in [6, 6.07) is 1.67. The average Bonchev–Trinajstić information content (AvgIpc) is 1.69. The summed E-state index contributed by atoms with van der Waals surface area (Å²) in [5, 5.41) is 0. The first-order chi connectivity index (χ1) is 3.39. The maximum Gasteiger partial charge on any atom is 0.0104 e. The molecule has 0 spiro atoms. The smallest absolute Gasteiger partial charge is 0.0104 e. The summed E-state index contributed by atoms with van der Waals surface area (Å²) in [5.74, 6) is 0.766. The van der Waals surface area contributed by atoms with Gasteiger partial charge in [0.05, 0.1) is 0 Å². The second kappa shape index (κ2) is 4.10. The zero-order chi connectivity index (χ0) is 5.11. The van der Waals surface area contributed by atoms with Crippen LogP contribution in [0.15, 0.2) is 12.3 Å². The molecular weight excluding hydrogens is 177 g/mol. The van der Waals surface area contributed by atoms with E-state index >= 15 is 0 Å². The molecule has 0 bridgehead atoms. The molecule has 1 aromatic heterocycles. The Morgan fingerprint density at radius 2 is 2.38 bits per heavy atom. The van der Waals surface area contributed by atoms with Crippen molar-refractivity contribution in [3.63, 3.8) is 0 Å². The van der Waals surface area contributed by atoms with Gasteiger partial charge in [-0.1, -0.05) is 19.3 Å². The minimum atomic E-state index is 0. The molecule has 0 aliphatic rings. The first-order valence-corrected chi connectivity index (χ1v) is 2.05. The van der Waals surface area contributed by atoms with Gasteiger partial charge in [0.25, 0.3) is 0 Å². The van der Waals surface area contributed by atoms with E-state index in [1.54, 1.807) is 12.3 Å². The van der Waals surface area contributed by atoms with E-state index in [9.17, 15) is 0 Å². The predicted molar refractivity (Wildman–Crippen MR) is 25.6 cm³/mol. The maximum absolute atomic E-state index is 3.84. The van der Waals surface area contributed by atoms with Gasteiger partial charge in [-0.3, -0.25) is 0 Å². The fraction of sp³-hybridized carbons (Fsp3) is 0.200. The summed E-state index contributed by atoms with van der Waals surface area (Å²) < 4.78 is 0. The van der Waals surface area contributed by atoms with E-state index < -0.39 is 0 Å². The predicted octanol–water partition coefficient (Wildman–Crippen LogP) is 0.583. The Morgan fingerprint density at radius 1 is 1.62 bits per heavy atom. The van der Waals surface area contributed by atoms with E-state index in [-0.39, 0.29) is 32.7 Å². The molecule has 1 radical (unpaired) electrons. The van der Waals surface area contributed by atoms with E-state index in [1.807, 2.05) is 6.92 Å². The van der Waals surface area contributed by atoms with E-state index in [4.69, 9.17) is 0 Å². The van der Waals surface area contributed by atoms with Crippen LogP contribution in [0.5, 0.6) is 0 Å². The Bertz CT molecular complexity index is 140. The van der Waals surface area contributed by atoms with Crippen molar-refractivity contribution >= 4 is 0 Å². The van der Waals surface area contributed by atoms with Crippen LogP contribution in [0.3, 0.4) is 0 Å². The largest absolute Gasteiger partial charge is 0.373 e. The third-order valence-corrected chi connectivity index (χ3v) is 0.637. The van der Waals surface area contributed by atoms with Gasteiger partial charge < -0.3 is 9.97 Å². The normalized spacial score (nSPS) is 7.62. The second-order valence-electron chi connectivity index (χ2n) is 1.23. The third-order valence-electron chi connectivity index (χ3n) is 0.637. The summed E-state index contributed by atoms with van der Waals surface area (Å²) in [4.78, 5) is 7.58. The van der Waals surface area contributed by atoms with Crippen molar-refractivity contribution in [2.75, 3.05) is 0 Å². The van der Waals surface area contributed by atoms with Crippen LogP contribution in [0.1, 0.15) is 5.82 Å². The molecule has 0 unspecified atom stereocenters. The van der Waals surface area contributed by atoms with Crippen molar-refractivity contribution in [2.45, 2.75) is 6.92 Å². The Kier molecular flexibility index (Phi) is 4.20. The molecule has 39 valence electrons.